The molecular formula is C18H16N4OS2. The molecule has 0 unspecified atom stereocenters. The Balaban J connectivity index is 1.93. The Hall–Kier alpha value is -2.25. The molecule has 2 aliphatic heterocycles. The summed E-state index contributed by atoms with van der Waals surface area (Å²) in [4.78, 5) is 18.8. The van der Waals surface area contributed by atoms with Gasteiger partial charge in [-0.3, -0.25) is 15.1 Å². The van der Waals surface area contributed by atoms with Crippen molar-refractivity contribution < 1.29 is 4.79 Å². The Morgan fingerprint density at radius 3 is 2.52 bits per heavy atom. The predicted molar refractivity (Wildman–Crippen MR) is 103 cm³/mol. The second-order valence-electron chi connectivity index (χ2n) is 5.55. The van der Waals surface area contributed by atoms with Crippen LogP contribution in [0, 0.1) is 0 Å². The number of fused-ring (bicyclic) bond motifs is 2. The quantitative estimate of drug-likeness (QED) is 0.823. The number of rotatable bonds is 2. The van der Waals surface area contributed by atoms with Gasteiger partial charge in [-0.2, -0.15) is 0 Å². The smallest absolute Gasteiger partial charge is 0.276 e. The summed E-state index contributed by atoms with van der Waals surface area (Å²) in [6, 6.07) is 15.9. The van der Waals surface area contributed by atoms with E-state index in [-0.39, 0.29) is 12.1 Å². The average molecular weight is 368 g/mol. The number of nitrogens with one attached hydrogen (secondary N) is 1. The van der Waals surface area contributed by atoms with Gasteiger partial charge in [0.05, 0.1) is 5.36 Å². The van der Waals surface area contributed by atoms with E-state index in [4.69, 9.17) is 4.99 Å². The second-order valence-corrected chi connectivity index (χ2v) is 7.22. The Morgan fingerprint density at radius 1 is 1.04 bits per heavy atom. The van der Waals surface area contributed by atoms with Crippen LogP contribution in [0.2, 0.25) is 0 Å². The van der Waals surface area contributed by atoms with Crippen LogP contribution in [0.5, 0.6) is 0 Å². The van der Waals surface area contributed by atoms with Crippen LogP contribution in [0.3, 0.4) is 0 Å². The van der Waals surface area contributed by atoms with E-state index in [1.807, 2.05) is 48.9 Å². The Labute approximate surface area is 153 Å². The first-order valence-corrected chi connectivity index (χ1v) is 10.2. The number of hydrazone groups is 1. The van der Waals surface area contributed by atoms with E-state index in [0.29, 0.717) is 10.9 Å². The summed E-state index contributed by atoms with van der Waals surface area (Å²) in [5, 5.41) is 11.4. The fourth-order valence-electron chi connectivity index (χ4n) is 2.91. The third kappa shape index (κ3) is 2.83. The normalized spacial score (nSPS) is 18.7. The highest BCUT2D eigenvalue weighted by Gasteiger charge is 2.33. The lowest BCUT2D eigenvalue weighted by molar-refractivity contribution is -0.116. The standard InChI is InChI=1S/C18H16N4OS2/c1-24-12-9-7-11(8-10-12)16-19-14-6-4-3-5-13(14)15-17(23)20-18(25-2)21-22(15)16/h3-10,16H,1-2H3,(H,20,21,23)/t16-/m0/s1. The van der Waals surface area contributed by atoms with Crippen molar-refractivity contribution >= 4 is 40.3 Å². The van der Waals surface area contributed by atoms with E-state index in [1.165, 1.54) is 16.7 Å². The minimum atomic E-state index is -0.353. The summed E-state index contributed by atoms with van der Waals surface area (Å²) >= 11 is 3.10. The maximum atomic E-state index is 12.7. The number of hydrogen-bond donors (Lipinski definition) is 1. The van der Waals surface area contributed by atoms with Crippen LogP contribution < -0.4 is 15.9 Å². The summed E-state index contributed by atoms with van der Waals surface area (Å²) in [5.41, 5.74) is 1.55. The van der Waals surface area contributed by atoms with Gasteiger partial charge in [-0.05, 0) is 36.3 Å². The number of para-hydroxylation sites is 1. The van der Waals surface area contributed by atoms with Gasteiger partial charge in [-0.1, -0.05) is 42.1 Å². The molecule has 2 aromatic carbocycles. The third-order valence-electron chi connectivity index (χ3n) is 4.12. The van der Waals surface area contributed by atoms with Crippen LogP contribution in [0.15, 0.2) is 63.5 Å². The number of amides is 1. The molecule has 0 spiro atoms. The van der Waals surface area contributed by atoms with Crippen molar-refractivity contribution in [3.05, 3.63) is 64.7 Å². The SMILES string of the molecule is CSC1=NN2C(=c3ccccc3=N[C@@H]2c2ccc(SC)cc2)C(=O)N1. The van der Waals surface area contributed by atoms with Gasteiger partial charge >= 0.3 is 0 Å². The Kier molecular flexibility index (Phi) is 4.27. The molecule has 1 amide bonds. The van der Waals surface area contributed by atoms with Gasteiger partial charge in [0.15, 0.2) is 11.3 Å². The molecule has 25 heavy (non-hydrogen) atoms. The highest BCUT2D eigenvalue weighted by molar-refractivity contribution is 8.13. The van der Waals surface area contributed by atoms with Crippen molar-refractivity contribution in [3.8, 4) is 0 Å². The van der Waals surface area contributed by atoms with Gasteiger partial charge in [0.25, 0.3) is 5.91 Å². The summed E-state index contributed by atoms with van der Waals surface area (Å²) in [7, 11) is 0. The first-order chi connectivity index (χ1) is 12.2. The lowest BCUT2D eigenvalue weighted by Gasteiger charge is -2.33. The Bertz CT molecular complexity index is 985. The van der Waals surface area contributed by atoms with Crippen LogP contribution >= 0.6 is 23.5 Å². The predicted octanol–water partition coefficient (Wildman–Crippen LogP) is 1.91. The molecule has 0 saturated carbocycles. The number of carbonyl (C=O) groups excluding carboxylic acids is 1. The van der Waals surface area contributed by atoms with E-state index in [9.17, 15) is 4.79 Å². The molecule has 0 aromatic heterocycles. The van der Waals surface area contributed by atoms with Crippen molar-refractivity contribution in [3.63, 3.8) is 0 Å². The molecule has 0 radical (unpaired) electrons. The maximum Gasteiger partial charge on any atom is 0.276 e. The van der Waals surface area contributed by atoms with Crippen molar-refractivity contribution in [2.24, 2.45) is 10.1 Å². The van der Waals surface area contributed by atoms with Crippen LogP contribution in [0.1, 0.15) is 11.7 Å². The summed E-state index contributed by atoms with van der Waals surface area (Å²) in [6.07, 6.45) is 3.59. The Morgan fingerprint density at radius 2 is 1.80 bits per heavy atom. The molecule has 5 nitrogen and oxygen atoms in total. The zero-order chi connectivity index (χ0) is 17.4. The topological polar surface area (TPSA) is 57.1 Å². The summed E-state index contributed by atoms with van der Waals surface area (Å²) in [6.45, 7) is 0. The number of carbonyl (C=O) groups is 1. The molecule has 4 rings (SSSR count). The van der Waals surface area contributed by atoms with Gasteiger partial charge < -0.3 is 0 Å². The fraction of sp³-hybridized carbons (Fsp3) is 0.167. The maximum absolute atomic E-state index is 12.7. The number of amidine groups is 1. The molecule has 2 aliphatic rings. The van der Waals surface area contributed by atoms with Gasteiger partial charge in [0.2, 0.25) is 0 Å². The summed E-state index contributed by atoms with van der Waals surface area (Å²) < 4.78 is 0. The third-order valence-corrected chi connectivity index (χ3v) is 5.44. The van der Waals surface area contributed by atoms with Crippen LogP contribution in [-0.4, -0.2) is 28.6 Å². The minimum absolute atomic E-state index is 0.146. The fourth-order valence-corrected chi connectivity index (χ4v) is 3.69. The van der Waals surface area contributed by atoms with Crippen molar-refractivity contribution in [2.45, 2.75) is 11.1 Å². The molecule has 1 N–H and O–H groups in total. The van der Waals surface area contributed by atoms with Crippen molar-refractivity contribution in [1.82, 2.24) is 10.3 Å². The molecule has 126 valence electrons. The van der Waals surface area contributed by atoms with Gasteiger partial charge in [0.1, 0.15) is 5.70 Å². The highest BCUT2D eigenvalue weighted by atomic mass is 32.2. The molecule has 1 atom stereocenters. The van der Waals surface area contributed by atoms with E-state index in [2.05, 4.69) is 22.6 Å². The number of benzene rings is 2. The first-order valence-electron chi connectivity index (χ1n) is 7.75. The minimum Gasteiger partial charge on any atom is -0.298 e. The van der Waals surface area contributed by atoms with E-state index >= 15 is 0 Å². The van der Waals surface area contributed by atoms with Gasteiger partial charge in [-0.15, -0.1) is 16.9 Å². The zero-order valence-corrected chi connectivity index (χ0v) is 15.4. The van der Waals surface area contributed by atoms with E-state index in [1.54, 1.807) is 16.8 Å². The summed E-state index contributed by atoms with van der Waals surface area (Å²) in [5.74, 6) is -0.146. The average Bonchev–Trinajstić information content (AvgIpc) is 2.67. The lowest BCUT2D eigenvalue weighted by atomic mass is 10.1. The second kappa shape index (κ2) is 6.57. The monoisotopic (exact) mass is 368 g/mol. The molecule has 0 fully saturated rings. The molecule has 7 heteroatoms. The first kappa shape index (κ1) is 16.2. The lowest BCUT2D eigenvalue weighted by Crippen LogP contribution is -2.50. The van der Waals surface area contributed by atoms with Crippen LogP contribution in [-0.2, 0) is 4.79 Å². The molecule has 0 aliphatic carbocycles. The number of thioether (sulfide) groups is 2. The molecule has 0 bridgehead atoms. The van der Waals surface area contributed by atoms with Crippen molar-refractivity contribution in [1.29, 1.82) is 0 Å². The van der Waals surface area contributed by atoms with Crippen molar-refractivity contribution in [2.75, 3.05) is 12.5 Å². The number of hydrogen-bond acceptors (Lipinski definition) is 6. The van der Waals surface area contributed by atoms with Crippen LogP contribution in [0.4, 0.5) is 0 Å². The largest absolute Gasteiger partial charge is 0.298 e. The van der Waals surface area contributed by atoms with Gasteiger partial charge in [-0.25, -0.2) is 5.01 Å². The van der Waals surface area contributed by atoms with Gasteiger partial charge in [0, 0.05) is 10.1 Å². The zero-order valence-electron chi connectivity index (χ0n) is 13.8. The molecular weight excluding hydrogens is 352 g/mol. The van der Waals surface area contributed by atoms with Crippen LogP contribution in [0.25, 0.3) is 5.70 Å². The molecule has 2 heterocycles. The number of nitrogens with zero attached hydrogens (tertiary/aromatic N) is 3. The van der Waals surface area contributed by atoms with E-state index in [0.717, 1.165) is 16.1 Å². The highest BCUT2D eigenvalue weighted by Crippen LogP contribution is 2.31. The van der Waals surface area contributed by atoms with E-state index < -0.39 is 0 Å². The molecule has 2 aromatic rings. The molecule has 0 saturated heterocycles.